The second-order valence-electron chi connectivity index (χ2n) is 6.35. The van der Waals surface area contributed by atoms with Crippen molar-refractivity contribution in [1.29, 1.82) is 0 Å². The van der Waals surface area contributed by atoms with Crippen LogP contribution in [0.5, 0.6) is 0 Å². The summed E-state index contributed by atoms with van der Waals surface area (Å²) in [5.41, 5.74) is 0. The van der Waals surface area contributed by atoms with Crippen LogP contribution in [0.3, 0.4) is 0 Å². The normalized spacial score (nSPS) is 31.8. The van der Waals surface area contributed by atoms with E-state index >= 15 is 0 Å². The molecular weight excluding hydrogens is 222 g/mol. The average Bonchev–Trinajstić information content (AvgIpc) is 2.61. The van der Waals surface area contributed by atoms with Gasteiger partial charge in [-0.05, 0) is 39.2 Å². The van der Waals surface area contributed by atoms with Gasteiger partial charge in [-0.25, -0.2) is 0 Å². The molecule has 104 valence electrons. The van der Waals surface area contributed by atoms with Crippen LogP contribution in [0.1, 0.15) is 71.1 Å². The van der Waals surface area contributed by atoms with Gasteiger partial charge in [0.05, 0.1) is 0 Å². The second kappa shape index (κ2) is 6.70. The molecule has 2 heterocycles. The highest BCUT2D eigenvalue weighted by atomic mass is 16.1. The van der Waals surface area contributed by atoms with Crippen LogP contribution >= 0.6 is 0 Å². The van der Waals surface area contributed by atoms with Gasteiger partial charge in [-0.15, -0.1) is 0 Å². The predicted molar refractivity (Wildman–Crippen MR) is 75.7 cm³/mol. The van der Waals surface area contributed by atoms with Gasteiger partial charge in [-0.2, -0.15) is 0 Å². The minimum absolute atomic E-state index is 0.393. The molecule has 2 rings (SSSR count). The minimum Gasteiger partial charge on any atom is -0.300 e. The molecule has 0 radical (unpaired) electrons. The monoisotopic (exact) mass is 251 g/mol. The molecule has 2 bridgehead atoms. The number of rotatable bonds is 7. The maximum Gasteiger partial charge on any atom is 0.136 e. The Labute approximate surface area is 112 Å². The van der Waals surface area contributed by atoms with E-state index in [-0.39, 0.29) is 0 Å². The largest absolute Gasteiger partial charge is 0.300 e. The van der Waals surface area contributed by atoms with E-state index < -0.39 is 0 Å². The standard InChI is InChI=1S/C16H29NO/c1-3-4-5-6-7-8-16(18)13-11-14-9-10-15(12-13)17(14)2/h13-15H,3-12H2,1-2H3. The van der Waals surface area contributed by atoms with Crippen LogP contribution in [0.15, 0.2) is 0 Å². The molecule has 2 unspecified atom stereocenters. The summed E-state index contributed by atoms with van der Waals surface area (Å²) in [5.74, 6) is 0.960. The Kier molecular flexibility index (Phi) is 5.23. The molecule has 0 amide bonds. The van der Waals surface area contributed by atoms with Crippen LogP contribution < -0.4 is 0 Å². The molecule has 2 saturated heterocycles. The third-order valence-corrected chi connectivity index (χ3v) is 5.08. The fourth-order valence-electron chi connectivity index (χ4n) is 3.78. The van der Waals surface area contributed by atoms with Gasteiger partial charge in [0.1, 0.15) is 5.78 Å². The molecular formula is C16H29NO. The number of Topliss-reactive ketones (excluding diaryl/α,β-unsaturated/α-hetero) is 1. The lowest BCUT2D eigenvalue weighted by molar-refractivity contribution is -0.125. The first-order valence-electron chi connectivity index (χ1n) is 7.97. The van der Waals surface area contributed by atoms with Gasteiger partial charge >= 0.3 is 0 Å². The molecule has 0 saturated carbocycles. The highest BCUT2D eigenvalue weighted by Crippen LogP contribution is 2.38. The first kappa shape index (κ1) is 14.0. The van der Waals surface area contributed by atoms with Gasteiger partial charge in [0, 0.05) is 24.4 Å². The lowest BCUT2D eigenvalue weighted by Crippen LogP contribution is -2.42. The summed E-state index contributed by atoms with van der Waals surface area (Å²) in [6.07, 6.45) is 12.1. The smallest absolute Gasteiger partial charge is 0.136 e. The number of hydrogen-bond acceptors (Lipinski definition) is 2. The Hall–Kier alpha value is -0.370. The van der Waals surface area contributed by atoms with Gasteiger partial charge in [-0.3, -0.25) is 4.79 Å². The van der Waals surface area contributed by atoms with Crippen molar-refractivity contribution in [2.75, 3.05) is 7.05 Å². The molecule has 18 heavy (non-hydrogen) atoms. The Morgan fingerprint density at radius 1 is 1.06 bits per heavy atom. The molecule has 2 fully saturated rings. The molecule has 2 aliphatic rings. The Balaban J connectivity index is 1.67. The Morgan fingerprint density at radius 3 is 2.28 bits per heavy atom. The lowest BCUT2D eigenvalue weighted by atomic mass is 9.86. The van der Waals surface area contributed by atoms with E-state index in [1.54, 1.807) is 0 Å². The SMILES string of the molecule is CCCCCCCC(=O)C1CC2CCC(C1)N2C. The van der Waals surface area contributed by atoms with Crippen LogP contribution in [0.2, 0.25) is 0 Å². The summed E-state index contributed by atoms with van der Waals surface area (Å²) in [5, 5.41) is 0. The fraction of sp³-hybridized carbons (Fsp3) is 0.938. The number of fused-ring (bicyclic) bond motifs is 2. The van der Waals surface area contributed by atoms with E-state index in [0.29, 0.717) is 23.8 Å². The molecule has 0 aromatic heterocycles. The molecule has 0 spiro atoms. The van der Waals surface area contributed by atoms with E-state index in [2.05, 4.69) is 18.9 Å². The average molecular weight is 251 g/mol. The Morgan fingerprint density at radius 2 is 1.67 bits per heavy atom. The van der Waals surface area contributed by atoms with Gasteiger partial charge in [-0.1, -0.05) is 32.6 Å². The molecule has 2 heteroatoms. The van der Waals surface area contributed by atoms with E-state index in [9.17, 15) is 4.79 Å². The van der Waals surface area contributed by atoms with Gasteiger partial charge < -0.3 is 4.90 Å². The lowest BCUT2D eigenvalue weighted by Gasteiger charge is -2.35. The van der Waals surface area contributed by atoms with Crippen LogP contribution in [0.4, 0.5) is 0 Å². The van der Waals surface area contributed by atoms with Crippen molar-refractivity contribution in [2.45, 2.75) is 83.2 Å². The van der Waals surface area contributed by atoms with Gasteiger partial charge in [0.2, 0.25) is 0 Å². The first-order valence-corrected chi connectivity index (χ1v) is 7.97. The molecule has 2 nitrogen and oxygen atoms in total. The van der Waals surface area contributed by atoms with Crippen LogP contribution in [0, 0.1) is 5.92 Å². The number of unbranched alkanes of at least 4 members (excludes halogenated alkanes) is 4. The summed E-state index contributed by atoms with van der Waals surface area (Å²) < 4.78 is 0. The minimum atomic E-state index is 0.393. The zero-order valence-electron chi connectivity index (χ0n) is 12.2. The number of piperidine rings is 1. The first-order chi connectivity index (χ1) is 8.72. The predicted octanol–water partition coefficient (Wildman–Crippen LogP) is 3.79. The van der Waals surface area contributed by atoms with E-state index in [4.69, 9.17) is 0 Å². The van der Waals surface area contributed by atoms with Crippen molar-refractivity contribution in [3.05, 3.63) is 0 Å². The maximum atomic E-state index is 12.2. The molecule has 0 N–H and O–H groups in total. The quantitative estimate of drug-likeness (QED) is 0.642. The maximum absolute atomic E-state index is 12.2. The zero-order chi connectivity index (χ0) is 13.0. The Bertz CT molecular complexity index is 262. The third-order valence-electron chi connectivity index (χ3n) is 5.08. The number of carbonyl (C=O) groups is 1. The van der Waals surface area contributed by atoms with E-state index in [1.807, 2.05) is 0 Å². The van der Waals surface area contributed by atoms with Crippen LogP contribution in [-0.4, -0.2) is 29.8 Å². The van der Waals surface area contributed by atoms with Crippen molar-refractivity contribution in [3.8, 4) is 0 Å². The van der Waals surface area contributed by atoms with Crippen molar-refractivity contribution in [2.24, 2.45) is 5.92 Å². The van der Waals surface area contributed by atoms with Crippen molar-refractivity contribution < 1.29 is 4.79 Å². The summed E-state index contributed by atoms with van der Waals surface area (Å²) in [7, 11) is 2.24. The zero-order valence-corrected chi connectivity index (χ0v) is 12.2. The van der Waals surface area contributed by atoms with E-state index in [0.717, 1.165) is 25.7 Å². The molecule has 0 aromatic carbocycles. The highest BCUT2D eigenvalue weighted by molar-refractivity contribution is 5.81. The van der Waals surface area contributed by atoms with Crippen molar-refractivity contribution in [1.82, 2.24) is 4.90 Å². The molecule has 2 aliphatic heterocycles. The molecule has 0 aromatic rings. The fourth-order valence-corrected chi connectivity index (χ4v) is 3.78. The number of ketones is 1. The van der Waals surface area contributed by atoms with Crippen molar-refractivity contribution >= 4 is 5.78 Å². The number of hydrogen-bond donors (Lipinski definition) is 0. The third kappa shape index (κ3) is 3.34. The molecule has 2 atom stereocenters. The topological polar surface area (TPSA) is 20.3 Å². The summed E-state index contributed by atoms with van der Waals surface area (Å²) in [4.78, 5) is 14.8. The van der Waals surface area contributed by atoms with Crippen LogP contribution in [-0.2, 0) is 4.79 Å². The summed E-state index contributed by atoms with van der Waals surface area (Å²) in [6.45, 7) is 2.24. The second-order valence-corrected chi connectivity index (χ2v) is 6.35. The van der Waals surface area contributed by atoms with Crippen molar-refractivity contribution in [3.63, 3.8) is 0 Å². The number of nitrogens with zero attached hydrogens (tertiary/aromatic N) is 1. The summed E-state index contributed by atoms with van der Waals surface area (Å²) in [6, 6.07) is 1.41. The van der Waals surface area contributed by atoms with Gasteiger partial charge in [0.15, 0.2) is 0 Å². The highest BCUT2D eigenvalue weighted by Gasteiger charge is 2.40. The summed E-state index contributed by atoms with van der Waals surface area (Å²) >= 11 is 0. The van der Waals surface area contributed by atoms with E-state index in [1.165, 1.54) is 38.5 Å². The molecule has 0 aliphatic carbocycles. The van der Waals surface area contributed by atoms with Gasteiger partial charge in [0.25, 0.3) is 0 Å². The van der Waals surface area contributed by atoms with Crippen LogP contribution in [0.25, 0.3) is 0 Å². The number of carbonyl (C=O) groups excluding carboxylic acids is 1.